The molecule has 94 valence electrons. The number of ether oxygens (including phenoxy) is 1. The Balaban J connectivity index is 1.84. The molecule has 0 aliphatic carbocycles. The van der Waals surface area contributed by atoms with Gasteiger partial charge >= 0.3 is 0 Å². The Labute approximate surface area is 103 Å². The van der Waals surface area contributed by atoms with Gasteiger partial charge in [0, 0.05) is 17.1 Å². The molecule has 1 fully saturated rings. The van der Waals surface area contributed by atoms with E-state index in [4.69, 9.17) is 4.74 Å². The van der Waals surface area contributed by atoms with E-state index in [0.717, 1.165) is 16.5 Å². The number of amides is 1. The van der Waals surface area contributed by atoms with E-state index in [1.165, 1.54) is 12.1 Å². The highest BCUT2D eigenvalue weighted by Crippen LogP contribution is 2.20. The number of hydrogen-bond acceptors (Lipinski definition) is 2. The Morgan fingerprint density at radius 2 is 2.33 bits per heavy atom. The number of carbonyl (C=O) groups excluding carboxylic acids is 1. The van der Waals surface area contributed by atoms with Gasteiger partial charge in [0.1, 0.15) is 12.4 Å². The van der Waals surface area contributed by atoms with Crippen LogP contribution in [-0.4, -0.2) is 30.1 Å². The number of aromatic amines is 1. The number of carbonyl (C=O) groups is 1. The molecule has 1 saturated heterocycles. The molecule has 0 spiro atoms. The van der Waals surface area contributed by atoms with Crippen LogP contribution in [0.4, 0.5) is 4.39 Å². The smallest absolute Gasteiger partial charge is 0.246 e. The van der Waals surface area contributed by atoms with E-state index in [1.807, 2.05) is 6.20 Å². The molecule has 1 aliphatic rings. The first-order valence-electron chi connectivity index (χ1n) is 5.85. The normalized spacial score (nSPS) is 20.1. The summed E-state index contributed by atoms with van der Waals surface area (Å²) >= 11 is 0. The van der Waals surface area contributed by atoms with E-state index >= 15 is 0 Å². The Kier molecular flexibility index (Phi) is 2.76. The van der Waals surface area contributed by atoms with Crippen LogP contribution in [0.3, 0.4) is 0 Å². The van der Waals surface area contributed by atoms with Crippen molar-refractivity contribution in [2.75, 3.05) is 13.2 Å². The van der Waals surface area contributed by atoms with Gasteiger partial charge in [0.15, 0.2) is 0 Å². The molecule has 1 amide bonds. The van der Waals surface area contributed by atoms with Gasteiger partial charge < -0.3 is 15.0 Å². The molecule has 4 nitrogen and oxygen atoms in total. The molecule has 1 atom stereocenters. The summed E-state index contributed by atoms with van der Waals surface area (Å²) in [6, 6.07) is 4.64. The number of nitrogens with one attached hydrogen (secondary N) is 2. The summed E-state index contributed by atoms with van der Waals surface area (Å²) in [4.78, 5) is 14.3. The SMILES string of the molecule is O=C1COCC(Cc2c[nH]c3cc(F)ccc23)N1. The van der Waals surface area contributed by atoms with E-state index < -0.39 is 0 Å². The minimum atomic E-state index is -0.259. The van der Waals surface area contributed by atoms with Crippen LogP contribution >= 0.6 is 0 Å². The minimum Gasteiger partial charge on any atom is -0.369 e. The molecule has 0 radical (unpaired) electrons. The highest BCUT2D eigenvalue weighted by atomic mass is 19.1. The third-order valence-electron chi connectivity index (χ3n) is 3.11. The van der Waals surface area contributed by atoms with Crippen LogP contribution in [0.2, 0.25) is 0 Å². The van der Waals surface area contributed by atoms with Crippen LogP contribution < -0.4 is 5.32 Å². The summed E-state index contributed by atoms with van der Waals surface area (Å²) < 4.78 is 18.3. The number of rotatable bonds is 2. The number of morpholine rings is 1. The molecule has 0 saturated carbocycles. The standard InChI is InChI=1S/C13H13FN2O2/c14-9-1-2-11-8(5-15-12(11)4-9)3-10-6-18-7-13(17)16-10/h1-2,4-5,10,15H,3,6-7H2,(H,16,17). The molecule has 5 heteroatoms. The maximum atomic E-state index is 13.1. The van der Waals surface area contributed by atoms with Gasteiger partial charge in [-0.25, -0.2) is 4.39 Å². The van der Waals surface area contributed by atoms with Crippen molar-refractivity contribution in [3.8, 4) is 0 Å². The largest absolute Gasteiger partial charge is 0.369 e. The zero-order chi connectivity index (χ0) is 12.5. The van der Waals surface area contributed by atoms with E-state index in [2.05, 4.69) is 10.3 Å². The zero-order valence-electron chi connectivity index (χ0n) is 9.70. The molecule has 1 unspecified atom stereocenters. The lowest BCUT2D eigenvalue weighted by Gasteiger charge is -2.23. The van der Waals surface area contributed by atoms with E-state index in [1.54, 1.807) is 6.07 Å². The lowest BCUT2D eigenvalue weighted by molar-refractivity contribution is -0.131. The van der Waals surface area contributed by atoms with Gasteiger partial charge in [-0.3, -0.25) is 4.79 Å². The highest BCUT2D eigenvalue weighted by molar-refractivity contribution is 5.83. The number of halogens is 1. The maximum absolute atomic E-state index is 13.1. The van der Waals surface area contributed by atoms with Crippen molar-refractivity contribution in [2.45, 2.75) is 12.5 Å². The molecule has 2 heterocycles. The molecule has 1 aromatic heterocycles. The fourth-order valence-electron chi connectivity index (χ4n) is 2.31. The molecule has 18 heavy (non-hydrogen) atoms. The predicted molar refractivity (Wildman–Crippen MR) is 64.7 cm³/mol. The fraction of sp³-hybridized carbons (Fsp3) is 0.308. The Morgan fingerprint density at radius 3 is 3.17 bits per heavy atom. The van der Waals surface area contributed by atoms with Gasteiger partial charge in [-0.1, -0.05) is 0 Å². The Bertz CT molecular complexity index is 594. The van der Waals surface area contributed by atoms with E-state index in [-0.39, 0.29) is 24.4 Å². The number of hydrogen-bond donors (Lipinski definition) is 2. The van der Waals surface area contributed by atoms with Gasteiger partial charge in [0.25, 0.3) is 0 Å². The summed E-state index contributed by atoms with van der Waals surface area (Å²) in [6.07, 6.45) is 2.53. The summed E-state index contributed by atoms with van der Waals surface area (Å²) in [6.45, 7) is 0.648. The van der Waals surface area contributed by atoms with Crippen molar-refractivity contribution in [1.82, 2.24) is 10.3 Å². The summed E-state index contributed by atoms with van der Waals surface area (Å²) in [5, 5.41) is 3.86. The van der Waals surface area contributed by atoms with Gasteiger partial charge in [-0.2, -0.15) is 0 Å². The third kappa shape index (κ3) is 2.09. The Morgan fingerprint density at radius 1 is 1.44 bits per heavy atom. The molecule has 2 aromatic rings. The lowest BCUT2D eigenvalue weighted by Crippen LogP contribution is -2.46. The van der Waals surface area contributed by atoms with Crippen molar-refractivity contribution in [2.24, 2.45) is 0 Å². The Hall–Kier alpha value is -1.88. The van der Waals surface area contributed by atoms with Crippen LogP contribution in [-0.2, 0) is 16.0 Å². The van der Waals surface area contributed by atoms with Crippen LogP contribution in [0.25, 0.3) is 10.9 Å². The minimum absolute atomic E-state index is 0.0182. The van der Waals surface area contributed by atoms with Crippen molar-refractivity contribution < 1.29 is 13.9 Å². The van der Waals surface area contributed by atoms with Crippen molar-refractivity contribution in [3.05, 3.63) is 35.8 Å². The lowest BCUT2D eigenvalue weighted by atomic mass is 10.0. The van der Waals surface area contributed by atoms with Crippen LogP contribution in [0.5, 0.6) is 0 Å². The number of benzene rings is 1. The average Bonchev–Trinajstić information content (AvgIpc) is 2.72. The second kappa shape index (κ2) is 4.42. The summed E-state index contributed by atoms with van der Waals surface area (Å²) in [5.74, 6) is -0.345. The zero-order valence-corrected chi connectivity index (χ0v) is 9.70. The number of H-pyrrole nitrogens is 1. The third-order valence-corrected chi connectivity index (χ3v) is 3.11. The first kappa shape index (κ1) is 11.2. The number of aromatic nitrogens is 1. The topological polar surface area (TPSA) is 54.1 Å². The maximum Gasteiger partial charge on any atom is 0.246 e. The molecule has 1 aromatic carbocycles. The van der Waals surface area contributed by atoms with Gasteiger partial charge in [0.05, 0.1) is 12.6 Å². The van der Waals surface area contributed by atoms with Crippen LogP contribution in [0.1, 0.15) is 5.56 Å². The van der Waals surface area contributed by atoms with E-state index in [9.17, 15) is 9.18 Å². The number of fused-ring (bicyclic) bond motifs is 1. The molecule has 3 rings (SSSR count). The second-order valence-electron chi connectivity index (χ2n) is 4.49. The van der Waals surface area contributed by atoms with Crippen molar-refractivity contribution in [1.29, 1.82) is 0 Å². The van der Waals surface area contributed by atoms with E-state index in [0.29, 0.717) is 13.0 Å². The first-order chi connectivity index (χ1) is 8.72. The second-order valence-corrected chi connectivity index (χ2v) is 4.49. The highest BCUT2D eigenvalue weighted by Gasteiger charge is 2.20. The summed E-state index contributed by atoms with van der Waals surface area (Å²) in [7, 11) is 0. The van der Waals surface area contributed by atoms with Gasteiger partial charge in [-0.05, 0) is 30.2 Å². The molecule has 1 aliphatic heterocycles. The predicted octanol–water partition coefficient (Wildman–Crippen LogP) is 1.36. The van der Waals surface area contributed by atoms with Gasteiger partial charge in [-0.15, -0.1) is 0 Å². The quantitative estimate of drug-likeness (QED) is 0.843. The molecule has 2 N–H and O–H groups in total. The van der Waals surface area contributed by atoms with Crippen LogP contribution in [0.15, 0.2) is 24.4 Å². The molecular weight excluding hydrogens is 235 g/mol. The monoisotopic (exact) mass is 248 g/mol. The summed E-state index contributed by atoms with van der Waals surface area (Å²) in [5.41, 5.74) is 1.83. The first-order valence-corrected chi connectivity index (χ1v) is 5.85. The average molecular weight is 248 g/mol. The van der Waals surface area contributed by atoms with Gasteiger partial charge in [0.2, 0.25) is 5.91 Å². The van der Waals surface area contributed by atoms with Crippen LogP contribution in [0, 0.1) is 5.82 Å². The molecular formula is C13H13FN2O2. The molecule has 0 bridgehead atoms. The van der Waals surface area contributed by atoms with Crippen molar-refractivity contribution >= 4 is 16.8 Å². The van der Waals surface area contributed by atoms with Crippen molar-refractivity contribution in [3.63, 3.8) is 0 Å². The fourth-order valence-corrected chi connectivity index (χ4v) is 2.31.